The van der Waals surface area contributed by atoms with Crippen molar-refractivity contribution in [2.75, 3.05) is 20.2 Å². The van der Waals surface area contributed by atoms with E-state index in [2.05, 4.69) is 20.8 Å². The van der Waals surface area contributed by atoms with Crippen LogP contribution in [0.5, 0.6) is 0 Å². The monoisotopic (exact) mass is 653 g/mol. The van der Waals surface area contributed by atoms with Crippen molar-refractivity contribution < 1.29 is 32.3 Å². The molecule has 0 saturated carbocycles. The Morgan fingerprint density at radius 3 is 1.80 bits per heavy atom. The summed E-state index contributed by atoms with van der Waals surface area (Å²) in [5, 5.41) is 1.47. The van der Waals surface area contributed by atoms with Crippen LogP contribution in [0.25, 0.3) is 0 Å². The van der Waals surface area contributed by atoms with Gasteiger partial charge >= 0.3 is 12.1 Å². The molecule has 2 atom stereocenters. The number of halogens is 2. The van der Waals surface area contributed by atoms with Crippen LogP contribution in [-0.2, 0) is 25.3 Å². The van der Waals surface area contributed by atoms with Gasteiger partial charge in [-0.3, -0.25) is 4.79 Å². The molecule has 0 aromatic heterocycles. The van der Waals surface area contributed by atoms with Gasteiger partial charge in [-0.1, -0.05) is 131 Å². The van der Waals surface area contributed by atoms with E-state index in [0.29, 0.717) is 0 Å². The van der Waals surface area contributed by atoms with Gasteiger partial charge in [0.25, 0.3) is 8.32 Å². The lowest BCUT2D eigenvalue weighted by Gasteiger charge is -2.53. The number of likely N-dealkylation sites (tertiary alicyclic amines) is 1. The van der Waals surface area contributed by atoms with E-state index in [1.807, 2.05) is 91.0 Å². The van der Waals surface area contributed by atoms with Crippen LogP contribution in [0.4, 0.5) is 13.6 Å². The zero-order valence-corrected chi connectivity index (χ0v) is 29.3. The standard InChI is InChI=1S/C35H45F2NO5Si2/c1-33(2,3)45(29-19-13-9-14-20-29,30-21-15-10-16-22-30)43-28-23-34(31(39)41-4,35(36,37)44(5,6)7)26-38(24-28)32(40)42-25-27-17-11-8-12-18-27/h8-22,28H,23-26H2,1-7H3. The molecule has 6 nitrogen and oxygen atoms in total. The zero-order chi connectivity index (χ0) is 33.1. The van der Waals surface area contributed by atoms with Gasteiger partial charge in [0.2, 0.25) is 5.55 Å². The molecule has 1 aliphatic rings. The van der Waals surface area contributed by atoms with Crippen molar-refractivity contribution >= 4 is 38.8 Å². The molecule has 1 saturated heterocycles. The number of alkyl halides is 2. The highest BCUT2D eigenvalue weighted by molar-refractivity contribution is 6.99. The Labute approximate surface area is 267 Å². The van der Waals surface area contributed by atoms with Gasteiger partial charge in [-0.25, -0.2) is 13.6 Å². The van der Waals surface area contributed by atoms with Crippen LogP contribution in [-0.4, -0.2) is 65.2 Å². The quantitative estimate of drug-likeness (QED) is 0.191. The molecule has 1 amide bonds. The Morgan fingerprint density at radius 2 is 1.36 bits per heavy atom. The van der Waals surface area contributed by atoms with Gasteiger partial charge in [-0.2, -0.15) is 0 Å². The molecule has 45 heavy (non-hydrogen) atoms. The fourth-order valence-corrected chi connectivity index (χ4v) is 12.9. The minimum absolute atomic E-state index is 0.0152. The van der Waals surface area contributed by atoms with Crippen LogP contribution in [0.1, 0.15) is 32.8 Å². The van der Waals surface area contributed by atoms with Crippen LogP contribution in [0, 0.1) is 5.41 Å². The third-order valence-corrected chi connectivity index (χ3v) is 16.3. The Morgan fingerprint density at radius 1 is 0.867 bits per heavy atom. The molecule has 3 aromatic rings. The second-order valence-corrected chi connectivity index (χ2v) is 23.3. The maximum Gasteiger partial charge on any atom is 0.410 e. The minimum atomic E-state index is -3.45. The van der Waals surface area contributed by atoms with Gasteiger partial charge in [0.1, 0.15) is 20.1 Å². The lowest BCUT2D eigenvalue weighted by Crippen LogP contribution is -2.72. The van der Waals surface area contributed by atoms with Crippen molar-refractivity contribution in [3.05, 3.63) is 96.6 Å². The van der Waals surface area contributed by atoms with Crippen LogP contribution in [0.3, 0.4) is 0 Å². The van der Waals surface area contributed by atoms with E-state index in [1.165, 1.54) is 24.5 Å². The number of amides is 1. The maximum atomic E-state index is 16.8. The lowest BCUT2D eigenvalue weighted by molar-refractivity contribution is -0.182. The summed E-state index contributed by atoms with van der Waals surface area (Å²) in [6.07, 6.45) is -2.01. The summed E-state index contributed by atoms with van der Waals surface area (Å²) >= 11 is 0. The third-order valence-electron chi connectivity index (χ3n) is 8.80. The number of nitrogens with zero attached hydrogens (tertiary/aromatic N) is 1. The van der Waals surface area contributed by atoms with Gasteiger partial charge in [0, 0.05) is 13.1 Å². The summed E-state index contributed by atoms with van der Waals surface area (Å²) < 4.78 is 51.7. The molecular formula is C35H45F2NO5Si2. The van der Waals surface area contributed by atoms with Gasteiger partial charge in [0.15, 0.2) is 0 Å². The Kier molecular flexibility index (Phi) is 10.1. The molecule has 2 unspecified atom stereocenters. The first-order valence-electron chi connectivity index (χ1n) is 15.3. The second-order valence-electron chi connectivity index (χ2n) is 13.9. The minimum Gasteiger partial charge on any atom is -0.468 e. The topological polar surface area (TPSA) is 65.1 Å². The number of carbonyl (C=O) groups is 2. The normalized spacial score (nSPS) is 19.6. The van der Waals surface area contributed by atoms with Crippen molar-refractivity contribution in [3.8, 4) is 0 Å². The summed E-state index contributed by atoms with van der Waals surface area (Å²) in [5.41, 5.74) is -5.01. The number of methoxy groups -OCH3 is 1. The smallest absolute Gasteiger partial charge is 0.410 e. The fourth-order valence-electron chi connectivity index (χ4n) is 6.54. The summed E-state index contributed by atoms with van der Waals surface area (Å²) in [4.78, 5) is 28.6. The van der Waals surface area contributed by atoms with Crippen molar-refractivity contribution in [2.24, 2.45) is 5.41 Å². The fraction of sp³-hybridized carbons (Fsp3) is 0.429. The Bertz CT molecular complexity index is 1410. The number of rotatable bonds is 9. The van der Waals surface area contributed by atoms with Crippen molar-refractivity contribution in [2.45, 2.75) is 70.1 Å². The number of ether oxygens (including phenoxy) is 2. The molecule has 1 heterocycles. The number of esters is 1. The van der Waals surface area contributed by atoms with E-state index in [9.17, 15) is 9.59 Å². The Hall–Kier alpha value is -3.35. The molecule has 1 aliphatic heterocycles. The van der Waals surface area contributed by atoms with E-state index in [1.54, 1.807) is 0 Å². The van der Waals surface area contributed by atoms with Crippen LogP contribution >= 0.6 is 0 Å². The first-order chi connectivity index (χ1) is 21.1. The van der Waals surface area contributed by atoms with E-state index < -0.39 is 57.1 Å². The summed E-state index contributed by atoms with van der Waals surface area (Å²) in [6, 6.07) is 28.9. The number of hydrogen-bond donors (Lipinski definition) is 0. The van der Waals surface area contributed by atoms with Gasteiger partial charge < -0.3 is 18.8 Å². The van der Waals surface area contributed by atoms with E-state index in [0.717, 1.165) is 23.0 Å². The zero-order valence-electron chi connectivity index (χ0n) is 27.3. The second kappa shape index (κ2) is 13.2. The number of hydrogen-bond acceptors (Lipinski definition) is 5. The number of benzene rings is 3. The largest absolute Gasteiger partial charge is 0.468 e. The molecule has 4 rings (SSSR count). The van der Waals surface area contributed by atoms with Gasteiger partial charge in [-0.05, 0) is 27.4 Å². The van der Waals surface area contributed by atoms with Crippen LogP contribution < -0.4 is 10.4 Å². The van der Waals surface area contributed by atoms with Crippen molar-refractivity contribution in [3.63, 3.8) is 0 Å². The average molecular weight is 654 g/mol. The highest BCUT2D eigenvalue weighted by atomic mass is 28.4. The predicted molar refractivity (Wildman–Crippen MR) is 178 cm³/mol. The molecule has 242 valence electrons. The molecule has 0 aliphatic carbocycles. The van der Waals surface area contributed by atoms with Crippen molar-refractivity contribution in [1.82, 2.24) is 4.90 Å². The number of carbonyl (C=O) groups excluding carboxylic acids is 2. The number of piperidine rings is 1. The van der Waals surface area contributed by atoms with E-state index >= 15 is 8.78 Å². The van der Waals surface area contributed by atoms with E-state index in [4.69, 9.17) is 13.9 Å². The molecule has 1 fully saturated rings. The van der Waals surface area contributed by atoms with Crippen molar-refractivity contribution in [1.29, 1.82) is 0 Å². The molecule has 0 radical (unpaired) electrons. The summed E-state index contributed by atoms with van der Waals surface area (Å²) in [6.45, 7) is 10.3. The first kappa shape index (κ1) is 34.5. The third kappa shape index (κ3) is 6.64. The SMILES string of the molecule is COC(=O)C1(C(F)(F)[Si](C)(C)C)CC(O[Si](c2ccccc2)(c2ccccc2)C(C)(C)C)CN(C(=O)OCc2ccccc2)C1. The first-order valence-corrected chi connectivity index (χ1v) is 20.7. The molecule has 10 heteroatoms. The predicted octanol–water partition coefficient (Wildman–Crippen LogP) is 6.65. The molecule has 0 N–H and O–H groups in total. The van der Waals surface area contributed by atoms with Crippen LogP contribution in [0.2, 0.25) is 24.7 Å². The molecule has 3 aromatic carbocycles. The molecule has 0 bridgehead atoms. The molecule has 0 spiro atoms. The van der Waals surface area contributed by atoms with Gasteiger partial charge in [0.05, 0.1) is 13.2 Å². The maximum absolute atomic E-state index is 16.8. The average Bonchev–Trinajstić information content (AvgIpc) is 3.02. The van der Waals surface area contributed by atoms with Gasteiger partial charge in [-0.15, -0.1) is 0 Å². The van der Waals surface area contributed by atoms with E-state index in [-0.39, 0.29) is 19.6 Å². The lowest BCUT2D eigenvalue weighted by atomic mass is 9.78. The molecular weight excluding hydrogens is 609 g/mol. The summed E-state index contributed by atoms with van der Waals surface area (Å²) in [5.74, 6) is -1.05. The highest BCUT2D eigenvalue weighted by Gasteiger charge is 2.69. The highest BCUT2D eigenvalue weighted by Crippen LogP contribution is 2.51. The summed E-state index contributed by atoms with van der Waals surface area (Å²) in [7, 11) is -5.50. The van der Waals surface area contributed by atoms with Crippen LogP contribution in [0.15, 0.2) is 91.0 Å². The Balaban J connectivity index is 1.86.